The number of fused-ring (bicyclic) bond motifs is 1. The standard InChI is InChI=1S/C20H27N5O2/c1-3-4-9-25-16-10-14(12-26)11-21-17(16)22-18(19(25)27)24-23-13(2)20(7-8-20)15-5-6-15/h10-11,15,26H,3-9,12H2,1-2H3,(H,21,22,24)/b23-13+. The van der Waals surface area contributed by atoms with Crippen LogP contribution >= 0.6 is 0 Å². The molecule has 0 amide bonds. The fourth-order valence-corrected chi connectivity index (χ4v) is 3.95. The molecule has 0 bridgehead atoms. The van der Waals surface area contributed by atoms with Crippen LogP contribution in [-0.4, -0.2) is 25.4 Å². The Hall–Kier alpha value is -2.28. The van der Waals surface area contributed by atoms with Crippen molar-refractivity contribution in [1.82, 2.24) is 14.5 Å². The second-order valence-corrected chi connectivity index (χ2v) is 7.87. The van der Waals surface area contributed by atoms with E-state index in [-0.39, 0.29) is 23.1 Å². The van der Waals surface area contributed by atoms with Crippen LogP contribution < -0.4 is 11.0 Å². The minimum absolute atomic E-state index is 0.107. The van der Waals surface area contributed by atoms with Gasteiger partial charge in [-0.25, -0.2) is 4.98 Å². The van der Waals surface area contributed by atoms with Crippen LogP contribution in [0.2, 0.25) is 0 Å². The summed E-state index contributed by atoms with van der Waals surface area (Å²) < 4.78 is 1.69. The van der Waals surface area contributed by atoms with E-state index in [0.29, 0.717) is 23.3 Å². The smallest absolute Gasteiger partial charge is 0.296 e. The summed E-state index contributed by atoms with van der Waals surface area (Å²) in [7, 11) is 0. The number of aliphatic hydroxyl groups is 1. The summed E-state index contributed by atoms with van der Waals surface area (Å²) in [5, 5.41) is 18.1. The Balaban J connectivity index is 1.80. The van der Waals surface area contributed by atoms with Gasteiger partial charge in [0.25, 0.3) is 5.56 Å². The summed E-state index contributed by atoms with van der Waals surface area (Å²) in [5.41, 5.74) is 3.26. The number of H-pyrrole nitrogens is 1. The van der Waals surface area contributed by atoms with Crippen LogP contribution in [-0.2, 0) is 13.2 Å². The van der Waals surface area contributed by atoms with E-state index in [9.17, 15) is 9.90 Å². The zero-order chi connectivity index (χ0) is 19.0. The molecule has 4 rings (SSSR count). The highest BCUT2D eigenvalue weighted by molar-refractivity contribution is 5.91. The molecule has 2 aromatic rings. The van der Waals surface area contributed by atoms with Gasteiger partial charge < -0.3 is 14.7 Å². The second-order valence-electron chi connectivity index (χ2n) is 7.87. The van der Waals surface area contributed by atoms with E-state index >= 15 is 0 Å². The molecule has 0 atom stereocenters. The molecule has 2 aliphatic rings. The fraction of sp³-hybridized carbons (Fsp3) is 0.600. The number of nitrogens with zero attached hydrogens (tertiary/aromatic N) is 4. The van der Waals surface area contributed by atoms with Crippen LogP contribution in [0.1, 0.15) is 57.9 Å². The van der Waals surface area contributed by atoms with Gasteiger partial charge in [0, 0.05) is 23.9 Å². The molecule has 7 heteroatoms. The number of hydrogen-bond donors (Lipinski definition) is 2. The number of rotatable bonds is 7. The molecule has 2 fully saturated rings. The zero-order valence-electron chi connectivity index (χ0n) is 16.0. The van der Waals surface area contributed by atoms with Crippen LogP contribution in [0, 0.1) is 11.3 Å². The molecule has 2 saturated carbocycles. The monoisotopic (exact) mass is 369 g/mol. The lowest BCUT2D eigenvalue weighted by molar-refractivity contribution is 0.281. The van der Waals surface area contributed by atoms with Gasteiger partial charge in [0.2, 0.25) is 5.49 Å². The first-order valence-corrected chi connectivity index (χ1v) is 9.90. The van der Waals surface area contributed by atoms with Gasteiger partial charge in [-0.15, -0.1) is 5.10 Å². The second kappa shape index (κ2) is 7.03. The number of aromatic amines is 1. The number of aromatic nitrogens is 3. The number of aryl methyl sites for hydroxylation is 1. The molecule has 7 nitrogen and oxygen atoms in total. The maximum absolute atomic E-state index is 13.0. The highest BCUT2D eigenvalue weighted by Gasteiger charge is 2.55. The van der Waals surface area contributed by atoms with Crippen molar-refractivity contribution in [1.29, 1.82) is 0 Å². The highest BCUT2D eigenvalue weighted by Crippen LogP contribution is 2.62. The predicted octanol–water partition coefficient (Wildman–Crippen LogP) is 2.48. The Labute approximate surface area is 157 Å². The maximum Gasteiger partial charge on any atom is 0.296 e. The molecule has 0 unspecified atom stereocenters. The van der Waals surface area contributed by atoms with Gasteiger partial charge in [0.05, 0.1) is 12.1 Å². The van der Waals surface area contributed by atoms with Crippen LogP contribution in [0.15, 0.2) is 27.3 Å². The molecule has 0 aliphatic heterocycles. The molecule has 0 saturated heterocycles. The molecule has 0 spiro atoms. The van der Waals surface area contributed by atoms with E-state index in [1.54, 1.807) is 16.8 Å². The summed E-state index contributed by atoms with van der Waals surface area (Å²) in [5.74, 6) is 0.761. The van der Waals surface area contributed by atoms with Crippen molar-refractivity contribution in [2.45, 2.75) is 65.5 Å². The molecule has 2 aliphatic carbocycles. The van der Waals surface area contributed by atoms with Gasteiger partial charge in [-0.05, 0) is 56.6 Å². The Morgan fingerprint density at radius 1 is 1.44 bits per heavy atom. The van der Waals surface area contributed by atoms with Crippen molar-refractivity contribution in [2.24, 2.45) is 21.5 Å². The summed E-state index contributed by atoms with van der Waals surface area (Å²) in [6, 6.07) is 1.81. The minimum Gasteiger partial charge on any atom is -0.392 e. The summed E-state index contributed by atoms with van der Waals surface area (Å²) in [6.45, 7) is 4.61. The SMILES string of the molecule is CCCCn1c(=O)/c(=N/N=C(\C)C2(C3CC3)CC2)[nH]c2ncc(CO)cc21. The average Bonchev–Trinajstić information content (AvgIpc) is 3.56. The number of aliphatic hydroxyl groups excluding tert-OH is 1. The topological polar surface area (TPSA) is 95.6 Å². The van der Waals surface area contributed by atoms with Crippen molar-refractivity contribution in [3.8, 4) is 0 Å². The van der Waals surface area contributed by atoms with Gasteiger partial charge in [0.1, 0.15) is 0 Å². The molecular formula is C20H27N5O2. The molecule has 0 aromatic carbocycles. The van der Waals surface area contributed by atoms with Crippen molar-refractivity contribution in [3.05, 3.63) is 33.7 Å². The van der Waals surface area contributed by atoms with Gasteiger partial charge in [0.15, 0.2) is 5.65 Å². The molecular weight excluding hydrogens is 342 g/mol. The molecule has 2 heterocycles. The average molecular weight is 369 g/mol. The quantitative estimate of drug-likeness (QED) is 0.580. The van der Waals surface area contributed by atoms with E-state index in [1.165, 1.54) is 25.7 Å². The third kappa shape index (κ3) is 3.36. The summed E-state index contributed by atoms with van der Waals surface area (Å²) in [4.78, 5) is 20.4. The van der Waals surface area contributed by atoms with Gasteiger partial charge in [-0.3, -0.25) is 4.79 Å². The van der Waals surface area contributed by atoms with Gasteiger partial charge in [-0.1, -0.05) is 13.3 Å². The van der Waals surface area contributed by atoms with Crippen LogP contribution in [0.4, 0.5) is 0 Å². The van der Waals surface area contributed by atoms with E-state index < -0.39 is 0 Å². The van der Waals surface area contributed by atoms with Crippen molar-refractivity contribution < 1.29 is 5.11 Å². The number of hydrogen-bond acceptors (Lipinski definition) is 5. The highest BCUT2D eigenvalue weighted by atomic mass is 16.3. The Bertz CT molecular complexity index is 1010. The molecule has 144 valence electrons. The maximum atomic E-state index is 13.0. The lowest BCUT2D eigenvalue weighted by atomic mass is 9.95. The Morgan fingerprint density at radius 2 is 2.22 bits per heavy atom. The molecule has 0 radical (unpaired) electrons. The van der Waals surface area contributed by atoms with Crippen molar-refractivity contribution in [2.75, 3.05) is 0 Å². The molecule has 2 N–H and O–H groups in total. The van der Waals surface area contributed by atoms with E-state index in [1.807, 2.05) is 6.92 Å². The third-order valence-corrected chi connectivity index (χ3v) is 5.99. The van der Waals surface area contributed by atoms with Crippen LogP contribution in [0.5, 0.6) is 0 Å². The first-order valence-electron chi connectivity index (χ1n) is 9.90. The molecule has 2 aromatic heterocycles. The van der Waals surface area contributed by atoms with Gasteiger partial charge in [-0.2, -0.15) is 5.10 Å². The Morgan fingerprint density at radius 3 is 2.85 bits per heavy atom. The summed E-state index contributed by atoms with van der Waals surface area (Å²) in [6.07, 6.45) is 8.43. The number of pyridine rings is 1. The van der Waals surface area contributed by atoms with E-state index in [4.69, 9.17) is 0 Å². The van der Waals surface area contributed by atoms with E-state index in [0.717, 1.165) is 24.5 Å². The van der Waals surface area contributed by atoms with E-state index in [2.05, 4.69) is 27.1 Å². The van der Waals surface area contributed by atoms with Crippen molar-refractivity contribution >= 4 is 16.9 Å². The van der Waals surface area contributed by atoms with Crippen LogP contribution in [0.25, 0.3) is 11.2 Å². The summed E-state index contributed by atoms with van der Waals surface area (Å²) >= 11 is 0. The lowest BCUT2D eigenvalue weighted by Gasteiger charge is -2.12. The number of unbranched alkanes of at least 4 members (excludes halogenated alkanes) is 1. The Kier molecular flexibility index (Phi) is 4.72. The van der Waals surface area contributed by atoms with Crippen LogP contribution in [0.3, 0.4) is 0 Å². The zero-order valence-corrected chi connectivity index (χ0v) is 16.0. The largest absolute Gasteiger partial charge is 0.392 e. The third-order valence-electron chi connectivity index (χ3n) is 5.99. The van der Waals surface area contributed by atoms with Gasteiger partial charge >= 0.3 is 0 Å². The van der Waals surface area contributed by atoms with Crippen molar-refractivity contribution in [3.63, 3.8) is 0 Å². The number of nitrogens with one attached hydrogen (secondary N) is 1. The fourth-order valence-electron chi connectivity index (χ4n) is 3.95. The first kappa shape index (κ1) is 18.1. The predicted molar refractivity (Wildman–Crippen MR) is 104 cm³/mol. The normalized spacial score (nSPS) is 19.7. The first-order chi connectivity index (χ1) is 13.1. The minimum atomic E-state index is -0.194. The molecule has 27 heavy (non-hydrogen) atoms. The lowest BCUT2D eigenvalue weighted by Crippen LogP contribution is -2.37.